The number of carboxylic acids is 1. The molecule has 4 rings (SSSR count). The van der Waals surface area contributed by atoms with Gasteiger partial charge in [0.05, 0.1) is 29.7 Å². The maximum absolute atomic E-state index is 14.4. The van der Waals surface area contributed by atoms with Crippen LogP contribution in [0.2, 0.25) is 0 Å². The molecule has 0 bridgehead atoms. The first-order valence-electron chi connectivity index (χ1n) is 11.6. The average Bonchev–Trinajstić information content (AvgIpc) is 3.18. The number of para-hydroxylation sites is 1. The van der Waals surface area contributed by atoms with Crippen molar-refractivity contribution in [3.8, 4) is 0 Å². The fourth-order valence-electron chi connectivity index (χ4n) is 4.10. The van der Waals surface area contributed by atoms with Gasteiger partial charge in [0.25, 0.3) is 5.91 Å². The Kier molecular flexibility index (Phi) is 7.19. The van der Waals surface area contributed by atoms with E-state index in [0.717, 1.165) is 11.1 Å². The molecule has 0 fully saturated rings. The van der Waals surface area contributed by atoms with E-state index < -0.39 is 11.8 Å². The molecule has 0 saturated heterocycles. The van der Waals surface area contributed by atoms with Gasteiger partial charge in [-0.2, -0.15) is 0 Å². The summed E-state index contributed by atoms with van der Waals surface area (Å²) in [5.41, 5.74) is 9.22. The zero-order valence-electron chi connectivity index (χ0n) is 20.5. The predicted molar refractivity (Wildman–Crippen MR) is 141 cm³/mol. The van der Waals surface area contributed by atoms with Gasteiger partial charge in [-0.15, -0.1) is 0 Å². The first-order chi connectivity index (χ1) is 17.7. The standard InChI is InChI=1S/C27H27FN6O3/c1-16-5-3-4-6-22(16)34(12-11-25(35)36)27(37)18-8-10-23-21(14-18)32-24(33(23)2)15-31-20-9-7-17(26(29)30)13-19(20)28/h3-10,13-14,31H,11-12,15H2,1-2H3,(H3,29,30)(H,35,36). The molecule has 1 heterocycles. The monoisotopic (exact) mass is 502 g/mol. The normalized spacial score (nSPS) is 10.9. The number of hydrogen-bond acceptors (Lipinski definition) is 5. The summed E-state index contributed by atoms with van der Waals surface area (Å²) in [5, 5.41) is 19.6. The number of nitrogens with zero attached hydrogens (tertiary/aromatic N) is 3. The Morgan fingerprint density at radius 2 is 1.86 bits per heavy atom. The molecule has 1 aromatic heterocycles. The summed E-state index contributed by atoms with van der Waals surface area (Å²) in [6, 6.07) is 16.8. The van der Waals surface area contributed by atoms with Gasteiger partial charge in [-0.25, -0.2) is 9.37 Å². The summed E-state index contributed by atoms with van der Waals surface area (Å²) >= 11 is 0. The number of amidine groups is 1. The highest BCUT2D eigenvalue weighted by molar-refractivity contribution is 6.08. The third kappa shape index (κ3) is 5.43. The summed E-state index contributed by atoms with van der Waals surface area (Å²) in [7, 11) is 1.83. The van der Waals surface area contributed by atoms with Crippen LogP contribution in [0.3, 0.4) is 0 Å². The van der Waals surface area contributed by atoms with Crippen LogP contribution in [0.5, 0.6) is 0 Å². The van der Waals surface area contributed by atoms with Crippen molar-refractivity contribution >= 4 is 40.1 Å². The Hall–Kier alpha value is -4.73. The van der Waals surface area contributed by atoms with Crippen molar-refractivity contribution in [2.24, 2.45) is 12.8 Å². The highest BCUT2D eigenvalue weighted by atomic mass is 19.1. The number of aryl methyl sites for hydroxylation is 2. The van der Waals surface area contributed by atoms with Crippen molar-refractivity contribution in [2.75, 3.05) is 16.8 Å². The van der Waals surface area contributed by atoms with Gasteiger partial charge in [-0.05, 0) is 55.0 Å². The number of aliphatic carboxylic acids is 1. The van der Waals surface area contributed by atoms with Crippen LogP contribution in [0.1, 0.15) is 33.7 Å². The van der Waals surface area contributed by atoms with E-state index in [2.05, 4.69) is 10.3 Å². The third-order valence-corrected chi connectivity index (χ3v) is 6.14. The number of aromatic nitrogens is 2. The van der Waals surface area contributed by atoms with Crippen LogP contribution in [0, 0.1) is 18.2 Å². The van der Waals surface area contributed by atoms with Crippen LogP contribution in [0.25, 0.3) is 11.0 Å². The van der Waals surface area contributed by atoms with E-state index >= 15 is 0 Å². The number of imidazole rings is 1. The van der Waals surface area contributed by atoms with E-state index in [4.69, 9.17) is 11.1 Å². The molecule has 0 unspecified atom stereocenters. The molecule has 1 amide bonds. The van der Waals surface area contributed by atoms with Crippen LogP contribution < -0.4 is 16.0 Å². The highest BCUT2D eigenvalue weighted by Crippen LogP contribution is 2.25. The van der Waals surface area contributed by atoms with Gasteiger partial charge in [0, 0.05) is 30.4 Å². The first-order valence-corrected chi connectivity index (χ1v) is 11.6. The number of halogens is 1. The van der Waals surface area contributed by atoms with Crippen molar-refractivity contribution in [1.29, 1.82) is 5.41 Å². The molecule has 0 aliphatic carbocycles. The van der Waals surface area contributed by atoms with E-state index in [-0.39, 0.29) is 36.9 Å². The number of rotatable bonds is 9. The van der Waals surface area contributed by atoms with Crippen LogP contribution in [0.4, 0.5) is 15.8 Å². The minimum Gasteiger partial charge on any atom is -0.481 e. The van der Waals surface area contributed by atoms with Gasteiger partial charge in [0.15, 0.2) is 0 Å². The van der Waals surface area contributed by atoms with Gasteiger partial charge in [-0.3, -0.25) is 15.0 Å². The second-order valence-electron chi connectivity index (χ2n) is 8.64. The topological polar surface area (TPSA) is 137 Å². The molecule has 5 N–H and O–H groups in total. The van der Waals surface area contributed by atoms with E-state index in [1.54, 1.807) is 36.4 Å². The average molecular weight is 503 g/mol. The fraction of sp³-hybridized carbons (Fsp3) is 0.185. The molecule has 0 saturated carbocycles. The lowest BCUT2D eigenvalue weighted by molar-refractivity contribution is -0.136. The number of nitrogens with one attached hydrogen (secondary N) is 2. The smallest absolute Gasteiger partial charge is 0.305 e. The molecule has 3 aromatic carbocycles. The minimum atomic E-state index is -0.990. The number of nitrogen functional groups attached to an aromatic ring is 1. The summed E-state index contributed by atoms with van der Waals surface area (Å²) in [6.07, 6.45) is -0.189. The molecule has 0 spiro atoms. The maximum atomic E-state index is 14.4. The van der Waals surface area contributed by atoms with Crippen LogP contribution in [0.15, 0.2) is 60.7 Å². The molecule has 10 heteroatoms. The summed E-state index contributed by atoms with van der Waals surface area (Å²) in [5.74, 6) is -1.44. The lowest BCUT2D eigenvalue weighted by Gasteiger charge is -2.24. The van der Waals surface area contributed by atoms with Crippen LogP contribution in [-0.2, 0) is 18.4 Å². The van der Waals surface area contributed by atoms with Gasteiger partial charge < -0.3 is 25.6 Å². The Labute approximate surface area is 212 Å². The van der Waals surface area contributed by atoms with Gasteiger partial charge in [-0.1, -0.05) is 18.2 Å². The number of amides is 1. The van der Waals surface area contributed by atoms with E-state index in [1.165, 1.54) is 17.0 Å². The molecule has 0 radical (unpaired) electrons. The zero-order valence-corrected chi connectivity index (χ0v) is 20.5. The Balaban J connectivity index is 1.60. The van der Waals surface area contributed by atoms with Crippen molar-refractivity contribution in [3.05, 3.63) is 89.0 Å². The molecule has 0 aliphatic rings. The number of nitrogens with two attached hydrogens (primary N) is 1. The zero-order chi connectivity index (χ0) is 26.7. The summed E-state index contributed by atoms with van der Waals surface area (Å²) in [6.45, 7) is 2.12. The van der Waals surface area contributed by atoms with Crippen molar-refractivity contribution in [1.82, 2.24) is 9.55 Å². The number of benzene rings is 3. The predicted octanol–water partition coefficient (Wildman–Crippen LogP) is 4.04. The van der Waals surface area contributed by atoms with E-state index in [1.807, 2.05) is 30.7 Å². The molecule has 37 heavy (non-hydrogen) atoms. The lowest BCUT2D eigenvalue weighted by atomic mass is 10.1. The van der Waals surface area contributed by atoms with Crippen molar-refractivity contribution < 1.29 is 19.1 Å². The second-order valence-corrected chi connectivity index (χ2v) is 8.64. The quantitative estimate of drug-likeness (QED) is 0.201. The molecule has 0 atom stereocenters. The lowest BCUT2D eigenvalue weighted by Crippen LogP contribution is -2.33. The van der Waals surface area contributed by atoms with E-state index in [9.17, 15) is 19.1 Å². The highest BCUT2D eigenvalue weighted by Gasteiger charge is 2.21. The van der Waals surface area contributed by atoms with Crippen molar-refractivity contribution in [3.63, 3.8) is 0 Å². The third-order valence-electron chi connectivity index (χ3n) is 6.14. The number of carbonyl (C=O) groups is 2. The maximum Gasteiger partial charge on any atom is 0.305 e. The second kappa shape index (κ2) is 10.5. The van der Waals surface area contributed by atoms with Crippen LogP contribution >= 0.6 is 0 Å². The van der Waals surface area contributed by atoms with E-state index in [0.29, 0.717) is 28.2 Å². The number of carboxylic acid groups (broad SMARTS) is 1. The molecule has 190 valence electrons. The molecule has 4 aromatic rings. The van der Waals surface area contributed by atoms with Crippen molar-refractivity contribution in [2.45, 2.75) is 19.9 Å². The number of carbonyl (C=O) groups excluding carboxylic acids is 1. The Morgan fingerprint density at radius 3 is 2.54 bits per heavy atom. The Bertz CT molecular complexity index is 1510. The summed E-state index contributed by atoms with van der Waals surface area (Å²) in [4.78, 5) is 30.8. The van der Waals surface area contributed by atoms with Gasteiger partial charge in [0.2, 0.25) is 0 Å². The molecule has 9 nitrogen and oxygen atoms in total. The minimum absolute atomic E-state index is 0.0302. The first kappa shape index (κ1) is 25.4. The SMILES string of the molecule is Cc1ccccc1N(CCC(=O)O)C(=O)c1ccc2c(c1)nc(CNc1ccc(C(=N)N)cc1F)n2C. The number of fused-ring (bicyclic) bond motifs is 1. The fourth-order valence-corrected chi connectivity index (χ4v) is 4.10. The van der Waals surface area contributed by atoms with Crippen LogP contribution in [-0.4, -0.2) is 38.9 Å². The number of hydrogen-bond donors (Lipinski definition) is 4. The summed E-state index contributed by atoms with van der Waals surface area (Å²) < 4.78 is 16.2. The number of anilines is 2. The molecular formula is C27H27FN6O3. The molecule has 0 aliphatic heterocycles. The van der Waals surface area contributed by atoms with Gasteiger partial charge in [0.1, 0.15) is 17.5 Å². The Morgan fingerprint density at radius 1 is 1.14 bits per heavy atom. The van der Waals surface area contributed by atoms with Gasteiger partial charge >= 0.3 is 5.97 Å². The molecular weight excluding hydrogens is 475 g/mol. The largest absolute Gasteiger partial charge is 0.481 e.